The Balaban J connectivity index is 1.64. The van der Waals surface area contributed by atoms with Crippen molar-refractivity contribution >= 4 is 21.6 Å². The molecule has 9 heteroatoms. The van der Waals surface area contributed by atoms with E-state index in [0.29, 0.717) is 17.9 Å². The van der Waals surface area contributed by atoms with Gasteiger partial charge in [-0.15, -0.1) is 0 Å². The second-order valence-corrected chi connectivity index (χ2v) is 7.47. The molecule has 2 heterocycles. The van der Waals surface area contributed by atoms with Gasteiger partial charge in [0.25, 0.3) is 0 Å². The summed E-state index contributed by atoms with van der Waals surface area (Å²) in [6.07, 6.45) is 4.58. The molecule has 0 aliphatic carbocycles. The van der Waals surface area contributed by atoms with E-state index in [9.17, 15) is 13.2 Å². The van der Waals surface area contributed by atoms with Crippen LogP contribution in [0.4, 0.5) is 10.5 Å². The molecule has 0 atom stereocenters. The SMILES string of the molecule is Cc1[nH]ncc1S(=O)(=O)c1ccc(NC(=O)NCc2ccncc2)cc1. The Bertz CT molecular complexity index is 998. The fourth-order valence-corrected chi connectivity index (χ4v) is 3.70. The maximum atomic E-state index is 12.5. The van der Waals surface area contributed by atoms with E-state index in [1.165, 1.54) is 30.5 Å². The summed E-state index contributed by atoms with van der Waals surface area (Å²) in [6.45, 7) is 2.00. The number of H-pyrrole nitrogens is 1. The van der Waals surface area contributed by atoms with Gasteiger partial charge in [-0.2, -0.15) is 5.10 Å². The molecule has 0 fully saturated rings. The average Bonchev–Trinajstić information content (AvgIpc) is 3.08. The molecule has 3 N–H and O–H groups in total. The molecule has 3 aromatic rings. The first-order chi connectivity index (χ1) is 12.5. The van der Waals surface area contributed by atoms with E-state index in [-0.39, 0.29) is 15.8 Å². The van der Waals surface area contributed by atoms with Gasteiger partial charge < -0.3 is 10.6 Å². The molecule has 134 valence electrons. The van der Waals surface area contributed by atoms with E-state index in [2.05, 4.69) is 25.8 Å². The summed E-state index contributed by atoms with van der Waals surface area (Å²) < 4.78 is 25.1. The van der Waals surface area contributed by atoms with Crippen LogP contribution < -0.4 is 10.6 Å². The first kappa shape index (κ1) is 17.6. The predicted octanol–water partition coefficient (Wildman–Crippen LogP) is 2.27. The summed E-state index contributed by atoms with van der Waals surface area (Å²) in [6, 6.07) is 9.18. The number of hydrogen-bond acceptors (Lipinski definition) is 5. The van der Waals surface area contributed by atoms with E-state index in [4.69, 9.17) is 0 Å². The maximum absolute atomic E-state index is 12.5. The molecule has 26 heavy (non-hydrogen) atoms. The number of hydrogen-bond donors (Lipinski definition) is 3. The number of aryl methyl sites for hydroxylation is 1. The third-order valence-electron chi connectivity index (χ3n) is 3.70. The zero-order chi connectivity index (χ0) is 18.6. The summed E-state index contributed by atoms with van der Waals surface area (Å²) in [7, 11) is -3.65. The molecule has 0 aliphatic rings. The summed E-state index contributed by atoms with van der Waals surface area (Å²) in [4.78, 5) is 16.1. The number of urea groups is 1. The molecule has 0 unspecified atom stereocenters. The minimum atomic E-state index is -3.65. The average molecular weight is 371 g/mol. The lowest BCUT2D eigenvalue weighted by atomic mass is 10.3. The third kappa shape index (κ3) is 3.89. The van der Waals surface area contributed by atoms with Crippen molar-refractivity contribution in [1.82, 2.24) is 20.5 Å². The molecular formula is C17H17N5O3S. The molecule has 2 amide bonds. The van der Waals surface area contributed by atoms with Gasteiger partial charge in [-0.1, -0.05) is 0 Å². The summed E-state index contributed by atoms with van der Waals surface area (Å²) in [5.74, 6) is 0. The fraction of sp³-hybridized carbons (Fsp3) is 0.118. The minimum Gasteiger partial charge on any atom is -0.334 e. The topological polar surface area (TPSA) is 117 Å². The highest BCUT2D eigenvalue weighted by Crippen LogP contribution is 2.23. The Morgan fingerprint density at radius 2 is 1.81 bits per heavy atom. The first-order valence-electron chi connectivity index (χ1n) is 7.76. The first-order valence-corrected chi connectivity index (χ1v) is 9.24. The highest BCUT2D eigenvalue weighted by Gasteiger charge is 2.21. The Kier molecular flexibility index (Phi) is 4.99. The number of carbonyl (C=O) groups excluding carboxylic acids is 1. The van der Waals surface area contributed by atoms with Crippen LogP contribution in [0, 0.1) is 6.92 Å². The van der Waals surface area contributed by atoms with Crippen molar-refractivity contribution in [3.8, 4) is 0 Å². The minimum absolute atomic E-state index is 0.129. The maximum Gasteiger partial charge on any atom is 0.319 e. The summed E-state index contributed by atoms with van der Waals surface area (Å²) in [5.41, 5.74) is 1.88. The number of amides is 2. The van der Waals surface area contributed by atoms with Crippen LogP contribution in [0.1, 0.15) is 11.3 Å². The van der Waals surface area contributed by atoms with Gasteiger partial charge >= 0.3 is 6.03 Å². The molecule has 3 rings (SSSR count). The molecule has 0 saturated carbocycles. The molecule has 0 aliphatic heterocycles. The molecule has 0 bridgehead atoms. The van der Waals surface area contributed by atoms with Crippen LogP contribution in [0.3, 0.4) is 0 Å². The molecule has 0 radical (unpaired) electrons. The van der Waals surface area contributed by atoms with E-state index in [1.807, 2.05) is 0 Å². The van der Waals surface area contributed by atoms with Crippen molar-refractivity contribution in [1.29, 1.82) is 0 Å². The highest BCUT2D eigenvalue weighted by atomic mass is 32.2. The second-order valence-electron chi connectivity index (χ2n) is 5.55. The highest BCUT2D eigenvalue weighted by molar-refractivity contribution is 7.91. The van der Waals surface area contributed by atoms with Crippen LogP contribution in [-0.2, 0) is 16.4 Å². The fourth-order valence-electron chi connectivity index (χ4n) is 2.31. The van der Waals surface area contributed by atoms with Gasteiger partial charge in [-0.25, -0.2) is 13.2 Å². The summed E-state index contributed by atoms with van der Waals surface area (Å²) in [5, 5.41) is 11.7. The zero-order valence-corrected chi connectivity index (χ0v) is 14.7. The molecule has 0 spiro atoms. The Morgan fingerprint density at radius 3 is 2.42 bits per heavy atom. The van der Waals surface area contributed by atoms with Gasteiger partial charge in [0.2, 0.25) is 9.84 Å². The molecule has 8 nitrogen and oxygen atoms in total. The van der Waals surface area contributed by atoms with Gasteiger partial charge in [0.05, 0.1) is 16.8 Å². The number of pyridine rings is 1. The second kappa shape index (κ2) is 7.36. The van der Waals surface area contributed by atoms with Gasteiger partial charge in [0, 0.05) is 24.6 Å². The van der Waals surface area contributed by atoms with Crippen LogP contribution >= 0.6 is 0 Å². The van der Waals surface area contributed by atoms with Crippen molar-refractivity contribution < 1.29 is 13.2 Å². The van der Waals surface area contributed by atoms with Gasteiger partial charge in [-0.05, 0) is 48.9 Å². The van der Waals surface area contributed by atoms with E-state index < -0.39 is 9.84 Å². The van der Waals surface area contributed by atoms with E-state index in [1.54, 1.807) is 31.5 Å². The number of sulfone groups is 1. The molecule has 0 saturated heterocycles. The third-order valence-corrected chi connectivity index (χ3v) is 5.58. The number of carbonyl (C=O) groups is 1. The van der Waals surface area contributed by atoms with Crippen LogP contribution in [-0.4, -0.2) is 29.6 Å². The quantitative estimate of drug-likeness (QED) is 0.636. The van der Waals surface area contributed by atoms with Gasteiger partial charge in [0.15, 0.2) is 0 Å². The van der Waals surface area contributed by atoms with Gasteiger partial charge in [-0.3, -0.25) is 10.1 Å². The Morgan fingerprint density at radius 1 is 1.12 bits per heavy atom. The Hall–Kier alpha value is -3.20. The number of benzene rings is 1. The number of nitrogens with zero attached hydrogens (tertiary/aromatic N) is 2. The number of aromatic amines is 1. The van der Waals surface area contributed by atoms with E-state index in [0.717, 1.165) is 5.56 Å². The lowest BCUT2D eigenvalue weighted by Crippen LogP contribution is -2.28. The Labute approximate surface area is 150 Å². The lowest BCUT2D eigenvalue weighted by molar-refractivity contribution is 0.251. The lowest BCUT2D eigenvalue weighted by Gasteiger charge is -2.09. The normalized spacial score (nSPS) is 11.1. The smallest absolute Gasteiger partial charge is 0.319 e. The number of anilines is 1. The molecule has 2 aromatic heterocycles. The van der Waals surface area contributed by atoms with Crippen LogP contribution in [0.15, 0.2) is 64.8 Å². The standard InChI is InChI=1S/C17H17N5O3S/c1-12-16(11-20-22-12)26(24,25)15-4-2-14(3-5-15)21-17(23)19-10-13-6-8-18-9-7-13/h2-9,11H,10H2,1H3,(H,20,22)(H2,19,21,23). The molecule has 1 aromatic carbocycles. The summed E-state index contributed by atoms with van der Waals surface area (Å²) >= 11 is 0. The van der Waals surface area contributed by atoms with Crippen LogP contribution in [0.25, 0.3) is 0 Å². The van der Waals surface area contributed by atoms with Crippen molar-refractivity contribution in [3.63, 3.8) is 0 Å². The van der Waals surface area contributed by atoms with Crippen molar-refractivity contribution in [2.24, 2.45) is 0 Å². The van der Waals surface area contributed by atoms with Gasteiger partial charge in [0.1, 0.15) is 4.90 Å². The monoisotopic (exact) mass is 371 g/mol. The van der Waals surface area contributed by atoms with Crippen LogP contribution in [0.2, 0.25) is 0 Å². The van der Waals surface area contributed by atoms with Crippen molar-refractivity contribution in [3.05, 3.63) is 66.2 Å². The van der Waals surface area contributed by atoms with Crippen molar-refractivity contribution in [2.75, 3.05) is 5.32 Å². The number of aromatic nitrogens is 3. The molecular weight excluding hydrogens is 354 g/mol. The number of rotatable bonds is 5. The predicted molar refractivity (Wildman–Crippen MR) is 95.3 cm³/mol. The van der Waals surface area contributed by atoms with E-state index >= 15 is 0 Å². The largest absolute Gasteiger partial charge is 0.334 e. The van der Waals surface area contributed by atoms with Crippen molar-refractivity contribution in [2.45, 2.75) is 23.3 Å². The number of nitrogens with one attached hydrogen (secondary N) is 3. The zero-order valence-electron chi connectivity index (χ0n) is 13.9. The van der Waals surface area contributed by atoms with Crippen LogP contribution in [0.5, 0.6) is 0 Å².